The standard InChI is InChI=1S/C16H20ClFO2/c1-15(2,18)13-11(7-6-8-12(13)17)16(14(19)20)9-4-3-5-10-16/h6-8H,3-5,9-10H2,1-2H3,(H,19,20). The minimum atomic E-state index is -1.66. The molecule has 0 bridgehead atoms. The molecule has 0 atom stereocenters. The Labute approximate surface area is 123 Å². The lowest BCUT2D eigenvalue weighted by atomic mass is 9.67. The van der Waals surface area contributed by atoms with Gasteiger partial charge in [-0.2, -0.15) is 0 Å². The molecule has 0 spiro atoms. The molecule has 0 saturated heterocycles. The van der Waals surface area contributed by atoms with E-state index in [2.05, 4.69) is 0 Å². The van der Waals surface area contributed by atoms with E-state index in [1.165, 1.54) is 13.8 Å². The topological polar surface area (TPSA) is 37.3 Å². The van der Waals surface area contributed by atoms with Crippen LogP contribution in [0.5, 0.6) is 0 Å². The van der Waals surface area contributed by atoms with Crippen molar-refractivity contribution in [3.63, 3.8) is 0 Å². The largest absolute Gasteiger partial charge is 0.481 e. The van der Waals surface area contributed by atoms with Crippen molar-refractivity contribution < 1.29 is 14.3 Å². The average molecular weight is 299 g/mol. The number of aliphatic carboxylic acids is 1. The second-order valence-corrected chi connectivity index (χ2v) is 6.49. The summed E-state index contributed by atoms with van der Waals surface area (Å²) in [5, 5.41) is 10.1. The Balaban J connectivity index is 2.66. The molecule has 1 fully saturated rings. The van der Waals surface area contributed by atoms with Gasteiger partial charge < -0.3 is 5.11 Å². The van der Waals surface area contributed by atoms with Gasteiger partial charge in [-0.1, -0.05) is 43.0 Å². The van der Waals surface area contributed by atoms with Gasteiger partial charge in [0, 0.05) is 10.6 Å². The SMILES string of the molecule is CC(C)(F)c1c(Cl)cccc1C1(C(=O)O)CCCCC1. The van der Waals surface area contributed by atoms with Crippen molar-refractivity contribution in [1.29, 1.82) is 0 Å². The molecule has 4 heteroatoms. The fourth-order valence-electron chi connectivity index (χ4n) is 3.28. The molecule has 1 N–H and O–H groups in total. The Kier molecular flexibility index (Phi) is 4.10. The number of carboxylic acids is 1. The Morgan fingerprint density at radius 2 is 1.90 bits per heavy atom. The maximum atomic E-state index is 14.6. The van der Waals surface area contributed by atoms with Crippen molar-refractivity contribution in [3.05, 3.63) is 34.3 Å². The third-order valence-corrected chi connectivity index (χ3v) is 4.56. The molecule has 0 radical (unpaired) electrons. The maximum absolute atomic E-state index is 14.6. The fraction of sp³-hybridized carbons (Fsp3) is 0.562. The minimum Gasteiger partial charge on any atom is -0.481 e. The van der Waals surface area contributed by atoms with E-state index in [0.717, 1.165) is 19.3 Å². The van der Waals surface area contributed by atoms with Crippen LogP contribution >= 0.6 is 11.6 Å². The molecule has 1 aromatic carbocycles. The molecule has 0 unspecified atom stereocenters. The number of hydrogen-bond donors (Lipinski definition) is 1. The van der Waals surface area contributed by atoms with Gasteiger partial charge in [0.05, 0.1) is 5.41 Å². The first-order valence-corrected chi connectivity index (χ1v) is 7.38. The average Bonchev–Trinajstić information content (AvgIpc) is 2.37. The van der Waals surface area contributed by atoms with E-state index in [1.807, 2.05) is 0 Å². The van der Waals surface area contributed by atoms with Crippen LogP contribution in [0.3, 0.4) is 0 Å². The first-order valence-electron chi connectivity index (χ1n) is 7.01. The second-order valence-electron chi connectivity index (χ2n) is 6.08. The molecule has 1 saturated carbocycles. The monoisotopic (exact) mass is 298 g/mol. The summed E-state index contributed by atoms with van der Waals surface area (Å²) in [6, 6.07) is 5.06. The summed E-state index contributed by atoms with van der Waals surface area (Å²) in [6.07, 6.45) is 3.83. The van der Waals surface area contributed by atoms with Crippen molar-refractivity contribution in [2.45, 2.75) is 57.0 Å². The van der Waals surface area contributed by atoms with Crippen molar-refractivity contribution in [1.82, 2.24) is 0 Å². The van der Waals surface area contributed by atoms with Gasteiger partial charge in [-0.05, 0) is 38.3 Å². The number of benzene rings is 1. The Hall–Kier alpha value is -1.09. The van der Waals surface area contributed by atoms with Crippen LogP contribution in [0.15, 0.2) is 18.2 Å². The molecule has 0 aliphatic heterocycles. The molecule has 110 valence electrons. The summed E-state index contributed by atoms with van der Waals surface area (Å²) in [5.41, 5.74) is -1.79. The van der Waals surface area contributed by atoms with Crippen molar-refractivity contribution in [2.75, 3.05) is 0 Å². The zero-order valence-corrected chi connectivity index (χ0v) is 12.6. The van der Waals surface area contributed by atoms with Crippen LogP contribution in [0.1, 0.15) is 57.1 Å². The molecule has 1 aliphatic carbocycles. The van der Waals surface area contributed by atoms with Gasteiger partial charge in [0.15, 0.2) is 0 Å². The van der Waals surface area contributed by atoms with Crippen LogP contribution in [0, 0.1) is 0 Å². The van der Waals surface area contributed by atoms with E-state index < -0.39 is 17.1 Å². The quantitative estimate of drug-likeness (QED) is 0.867. The van der Waals surface area contributed by atoms with Gasteiger partial charge in [0.2, 0.25) is 0 Å². The number of rotatable bonds is 3. The molecule has 1 aliphatic rings. The summed E-state index contributed by atoms with van der Waals surface area (Å²) in [6.45, 7) is 2.85. The molecular weight excluding hydrogens is 279 g/mol. The van der Waals surface area contributed by atoms with Crippen LogP contribution < -0.4 is 0 Å². The maximum Gasteiger partial charge on any atom is 0.314 e. The van der Waals surface area contributed by atoms with Gasteiger partial charge in [0.25, 0.3) is 0 Å². The van der Waals surface area contributed by atoms with Crippen LogP contribution in [0.25, 0.3) is 0 Å². The summed E-state index contributed by atoms with van der Waals surface area (Å²) in [7, 11) is 0. The van der Waals surface area contributed by atoms with Crippen molar-refractivity contribution in [3.8, 4) is 0 Å². The second kappa shape index (κ2) is 5.36. The molecule has 2 nitrogen and oxygen atoms in total. The number of carboxylic acid groups (broad SMARTS) is 1. The molecular formula is C16H20ClFO2. The molecule has 0 amide bonds. The highest BCUT2D eigenvalue weighted by molar-refractivity contribution is 6.31. The van der Waals surface area contributed by atoms with Crippen LogP contribution in [-0.2, 0) is 15.9 Å². The lowest BCUT2D eigenvalue weighted by Gasteiger charge is -2.37. The normalized spacial score (nSPS) is 18.8. The number of alkyl halides is 1. The van der Waals surface area contributed by atoms with Gasteiger partial charge >= 0.3 is 5.97 Å². The van der Waals surface area contributed by atoms with E-state index in [-0.39, 0.29) is 0 Å². The Morgan fingerprint density at radius 1 is 1.30 bits per heavy atom. The molecule has 0 aromatic heterocycles. The van der Waals surface area contributed by atoms with Crippen LogP contribution in [0.4, 0.5) is 4.39 Å². The Bertz CT molecular complexity index is 514. The molecule has 1 aromatic rings. The predicted octanol–water partition coefficient (Wildman–Crippen LogP) is 4.83. The smallest absolute Gasteiger partial charge is 0.314 e. The van der Waals surface area contributed by atoms with Crippen molar-refractivity contribution >= 4 is 17.6 Å². The van der Waals surface area contributed by atoms with E-state index >= 15 is 0 Å². The first-order chi connectivity index (χ1) is 9.29. The van der Waals surface area contributed by atoms with Gasteiger partial charge in [-0.3, -0.25) is 4.79 Å². The van der Waals surface area contributed by atoms with Gasteiger partial charge in [-0.15, -0.1) is 0 Å². The molecule has 2 rings (SSSR count). The van der Waals surface area contributed by atoms with E-state index in [1.54, 1.807) is 18.2 Å². The van der Waals surface area contributed by atoms with E-state index in [0.29, 0.717) is 29.0 Å². The highest BCUT2D eigenvalue weighted by Gasteiger charge is 2.45. The lowest BCUT2D eigenvalue weighted by molar-refractivity contribution is -0.145. The fourth-order valence-corrected chi connectivity index (χ4v) is 3.68. The number of halogens is 2. The summed E-state index contributed by atoms with van der Waals surface area (Å²) >= 11 is 6.17. The third-order valence-electron chi connectivity index (χ3n) is 4.24. The first kappa shape index (κ1) is 15.3. The lowest BCUT2D eigenvalue weighted by Crippen LogP contribution is -2.39. The number of carbonyl (C=O) groups is 1. The number of hydrogen-bond acceptors (Lipinski definition) is 1. The zero-order chi connectivity index (χ0) is 15.0. The van der Waals surface area contributed by atoms with Crippen LogP contribution in [0.2, 0.25) is 5.02 Å². The van der Waals surface area contributed by atoms with Crippen molar-refractivity contribution in [2.24, 2.45) is 0 Å². The van der Waals surface area contributed by atoms with E-state index in [9.17, 15) is 14.3 Å². The summed E-state index contributed by atoms with van der Waals surface area (Å²) in [4.78, 5) is 11.9. The molecule has 20 heavy (non-hydrogen) atoms. The molecule has 0 heterocycles. The van der Waals surface area contributed by atoms with Crippen LogP contribution in [-0.4, -0.2) is 11.1 Å². The minimum absolute atomic E-state index is 0.307. The zero-order valence-electron chi connectivity index (χ0n) is 11.9. The highest BCUT2D eigenvalue weighted by Crippen LogP contribution is 2.46. The summed E-state index contributed by atoms with van der Waals surface area (Å²) < 4.78 is 14.6. The summed E-state index contributed by atoms with van der Waals surface area (Å²) in [5.74, 6) is -0.870. The van der Waals surface area contributed by atoms with Gasteiger partial charge in [0.1, 0.15) is 5.67 Å². The highest BCUT2D eigenvalue weighted by atomic mass is 35.5. The van der Waals surface area contributed by atoms with Gasteiger partial charge in [-0.25, -0.2) is 4.39 Å². The predicted molar refractivity (Wildman–Crippen MR) is 78.0 cm³/mol. The third kappa shape index (κ3) is 2.56. The van der Waals surface area contributed by atoms with E-state index in [4.69, 9.17) is 11.6 Å². The Morgan fingerprint density at radius 3 is 2.40 bits per heavy atom.